The molecule has 2 heterocycles. The van der Waals surface area contributed by atoms with E-state index >= 15 is 0 Å². The van der Waals surface area contributed by atoms with Crippen molar-refractivity contribution in [3.05, 3.63) is 24.2 Å². The van der Waals surface area contributed by atoms with Crippen LogP contribution in [0.5, 0.6) is 0 Å². The molecular formula is C11H16N6O. The summed E-state index contributed by atoms with van der Waals surface area (Å²) in [6.07, 6.45) is 5.63. The fourth-order valence-corrected chi connectivity index (χ4v) is 1.60. The highest BCUT2D eigenvalue weighted by Crippen LogP contribution is 2.07. The molecule has 2 N–H and O–H groups in total. The summed E-state index contributed by atoms with van der Waals surface area (Å²) in [5.41, 5.74) is 1.03. The zero-order chi connectivity index (χ0) is 12.8. The second-order valence-electron chi connectivity index (χ2n) is 3.99. The van der Waals surface area contributed by atoms with Crippen molar-refractivity contribution in [1.82, 2.24) is 25.2 Å². The van der Waals surface area contributed by atoms with Crippen molar-refractivity contribution >= 4 is 11.7 Å². The fraction of sp³-hybridized carbons (Fsp3) is 0.455. The smallest absolute Gasteiger partial charge is 0.227 e. The Bertz CT molecular complexity index is 489. The van der Waals surface area contributed by atoms with Crippen LogP contribution in [0.1, 0.15) is 25.5 Å². The molecule has 2 aromatic rings. The largest absolute Gasteiger partial charge is 0.309 e. The van der Waals surface area contributed by atoms with Gasteiger partial charge in [-0.3, -0.25) is 14.6 Å². The molecule has 7 nitrogen and oxygen atoms in total. The van der Waals surface area contributed by atoms with Crippen LogP contribution in [-0.2, 0) is 17.8 Å². The predicted molar refractivity (Wildman–Crippen MR) is 65.9 cm³/mol. The van der Waals surface area contributed by atoms with Crippen molar-refractivity contribution < 1.29 is 4.79 Å². The second kappa shape index (κ2) is 5.95. The lowest BCUT2D eigenvalue weighted by Crippen LogP contribution is -2.15. The number of nitrogens with one attached hydrogen (secondary N) is 2. The van der Waals surface area contributed by atoms with Gasteiger partial charge in [0, 0.05) is 24.4 Å². The van der Waals surface area contributed by atoms with Gasteiger partial charge in [-0.25, -0.2) is 0 Å². The van der Waals surface area contributed by atoms with Gasteiger partial charge >= 0.3 is 0 Å². The molecule has 2 aromatic heterocycles. The van der Waals surface area contributed by atoms with E-state index in [-0.39, 0.29) is 5.91 Å². The van der Waals surface area contributed by atoms with Crippen molar-refractivity contribution in [1.29, 1.82) is 0 Å². The van der Waals surface area contributed by atoms with Gasteiger partial charge in [0.05, 0.1) is 12.7 Å². The number of carbonyl (C=O) groups excluding carboxylic acids is 1. The van der Waals surface area contributed by atoms with Crippen molar-refractivity contribution in [3.63, 3.8) is 0 Å². The third-order valence-electron chi connectivity index (χ3n) is 2.46. The summed E-state index contributed by atoms with van der Waals surface area (Å²) in [5, 5.41) is 17.1. The van der Waals surface area contributed by atoms with Gasteiger partial charge in [0.2, 0.25) is 5.91 Å². The molecular weight excluding hydrogens is 232 g/mol. The van der Waals surface area contributed by atoms with Crippen molar-refractivity contribution in [2.75, 3.05) is 5.32 Å². The number of aromatic nitrogens is 5. The third-order valence-corrected chi connectivity index (χ3v) is 2.46. The number of carbonyl (C=O) groups is 1. The fourth-order valence-electron chi connectivity index (χ4n) is 1.60. The Labute approximate surface area is 105 Å². The lowest BCUT2D eigenvalue weighted by Gasteiger charge is -2.01. The average molecular weight is 248 g/mol. The average Bonchev–Trinajstić information content (AvgIpc) is 2.99. The van der Waals surface area contributed by atoms with Gasteiger partial charge < -0.3 is 5.32 Å². The normalized spacial score (nSPS) is 10.5. The molecule has 0 unspecified atom stereocenters. The summed E-state index contributed by atoms with van der Waals surface area (Å²) >= 11 is 0. The van der Waals surface area contributed by atoms with E-state index in [0.717, 1.165) is 18.5 Å². The van der Waals surface area contributed by atoms with E-state index in [0.29, 0.717) is 18.8 Å². The number of hydrogen-bond acceptors (Lipinski definition) is 4. The Morgan fingerprint density at radius 2 is 2.44 bits per heavy atom. The molecule has 1 amide bonds. The number of aryl methyl sites for hydroxylation is 2. The molecule has 0 saturated carbocycles. The van der Waals surface area contributed by atoms with Gasteiger partial charge in [0.25, 0.3) is 0 Å². The van der Waals surface area contributed by atoms with Gasteiger partial charge in [-0.2, -0.15) is 5.10 Å². The topological polar surface area (TPSA) is 88.5 Å². The molecule has 0 radical (unpaired) electrons. The van der Waals surface area contributed by atoms with E-state index in [1.54, 1.807) is 17.1 Å². The highest BCUT2D eigenvalue weighted by Gasteiger charge is 2.06. The summed E-state index contributed by atoms with van der Waals surface area (Å²) in [6, 6.07) is 1.86. The highest BCUT2D eigenvalue weighted by molar-refractivity contribution is 5.89. The number of anilines is 1. The first-order valence-corrected chi connectivity index (χ1v) is 5.96. The summed E-state index contributed by atoms with van der Waals surface area (Å²) < 4.78 is 1.62. The molecule has 0 bridgehead atoms. The van der Waals surface area contributed by atoms with E-state index in [1.807, 2.05) is 6.07 Å². The standard InChI is InChI=1S/C11H16N6O/c1-2-3-9-8-10(15-14-9)13-11(18)4-6-17-7-5-12-16-17/h5,7-8H,2-4,6H2,1H3,(H2,13,14,15,18). The Balaban J connectivity index is 1.79. The summed E-state index contributed by atoms with van der Waals surface area (Å²) in [6.45, 7) is 2.61. The first-order chi connectivity index (χ1) is 8.78. The molecule has 0 fully saturated rings. The monoisotopic (exact) mass is 248 g/mol. The van der Waals surface area contributed by atoms with Crippen LogP contribution in [0.4, 0.5) is 5.82 Å². The maximum absolute atomic E-state index is 11.6. The van der Waals surface area contributed by atoms with E-state index in [2.05, 4.69) is 32.7 Å². The Morgan fingerprint density at radius 3 is 3.17 bits per heavy atom. The minimum atomic E-state index is -0.0833. The minimum Gasteiger partial charge on any atom is -0.309 e. The molecule has 18 heavy (non-hydrogen) atoms. The number of nitrogens with zero attached hydrogens (tertiary/aromatic N) is 4. The van der Waals surface area contributed by atoms with Crippen LogP contribution >= 0.6 is 0 Å². The van der Waals surface area contributed by atoms with Crippen LogP contribution in [0, 0.1) is 0 Å². The Kier molecular flexibility index (Phi) is 4.06. The number of H-pyrrole nitrogens is 1. The summed E-state index contributed by atoms with van der Waals surface area (Å²) in [4.78, 5) is 11.6. The Hall–Kier alpha value is -2.18. The quantitative estimate of drug-likeness (QED) is 0.797. The maximum Gasteiger partial charge on any atom is 0.227 e. The van der Waals surface area contributed by atoms with Gasteiger partial charge in [-0.05, 0) is 6.42 Å². The van der Waals surface area contributed by atoms with Crippen LogP contribution in [0.15, 0.2) is 18.5 Å². The number of amides is 1. The van der Waals surface area contributed by atoms with Crippen LogP contribution < -0.4 is 5.32 Å². The van der Waals surface area contributed by atoms with Gasteiger partial charge in [-0.15, -0.1) is 5.10 Å². The highest BCUT2D eigenvalue weighted by atomic mass is 16.1. The molecule has 0 atom stereocenters. The van der Waals surface area contributed by atoms with Crippen molar-refractivity contribution in [3.8, 4) is 0 Å². The predicted octanol–water partition coefficient (Wildman–Crippen LogP) is 0.982. The van der Waals surface area contributed by atoms with Gasteiger partial charge in [0.15, 0.2) is 5.82 Å². The maximum atomic E-state index is 11.6. The molecule has 0 aliphatic heterocycles. The summed E-state index contributed by atoms with van der Waals surface area (Å²) in [5.74, 6) is 0.488. The molecule has 7 heteroatoms. The van der Waals surface area contributed by atoms with E-state index < -0.39 is 0 Å². The second-order valence-corrected chi connectivity index (χ2v) is 3.99. The molecule has 2 rings (SSSR count). The van der Waals surface area contributed by atoms with Crippen molar-refractivity contribution in [2.24, 2.45) is 0 Å². The molecule has 0 aliphatic carbocycles. The van der Waals surface area contributed by atoms with E-state index in [1.165, 1.54) is 0 Å². The van der Waals surface area contributed by atoms with Crippen LogP contribution in [0.25, 0.3) is 0 Å². The first kappa shape index (κ1) is 12.3. The van der Waals surface area contributed by atoms with Crippen molar-refractivity contribution in [2.45, 2.75) is 32.7 Å². The number of rotatable bonds is 6. The van der Waals surface area contributed by atoms with Crippen LogP contribution in [-0.4, -0.2) is 31.1 Å². The van der Waals surface area contributed by atoms with E-state index in [4.69, 9.17) is 0 Å². The minimum absolute atomic E-state index is 0.0833. The molecule has 0 spiro atoms. The summed E-state index contributed by atoms with van der Waals surface area (Å²) in [7, 11) is 0. The zero-order valence-corrected chi connectivity index (χ0v) is 10.3. The lowest BCUT2D eigenvalue weighted by atomic mass is 10.2. The number of hydrogen-bond donors (Lipinski definition) is 2. The van der Waals surface area contributed by atoms with Crippen LogP contribution in [0.3, 0.4) is 0 Å². The first-order valence-electron chi connectivity index (χ1n) is 5.96. The SMILES string of the molecule is CCCc1cc(NC(=O)CCn2ccnn2)n[nH]1. The Morgan fingerprint density at radius 1 is 1.56 bits per heavy atom. The van der Waals surface area contributed by atoms with E-state index in [9.17, 15) is 4.79 Å². The molecule has 0 saturated heterocycles. The third kappa shape index (κ3) is 3.41. The molecule has 0 aromatic carbocycles. The van der Waals surface area contributed by atoms with Gasteiger partial charge in [-0.1, -0.05) is 18.6 Å². The molecule has 0 aliphatic rings. The van der Waals surface area contributed by atoms with Crippen LogP contribution in [0.2, 0.25) is 0 Å². The molecule has 96 valence electrons. The zero-order valence-electron chi connectivity index (χ0n) is 10.3. The lowest BCUT2D eigenvalue weighted by molar-refractivity contribution is -0.116. The number of aromatic amines is 1. The van der Waals surface area contributed by atoms with Gasteiger partial charge in [0.1, 0.15) is 0 Å².